The van der Waals surface area contributed by atoms with E-state index in [0.717, 1.165) is 22.8 Å². The van der Waals surface area contributed by atoms with E-state index in [1.54, 1.807) is 0 Å². The Bertz CT molecular complexity index is 575. The van der Waals surface area contributed by atoms with Crippen LogP contribution in [0.5, 0.6) is 0 Å². The summed E-state index contributed by atoms with van der Waals surface area (Å²) in [6, 6.07) is 6.47. The minimum atomic E-state index is 0.839. The van der Waals surface area contributed by atoms with Crippen molar-refractivity contribution in [2.45, 2.75) is 32.7 Å². The van der Waals surface area contributed by atoms with Gasteiger partial charge in [0.15, 0.2) is 4.77 Å². The standard InChI is InChI=1S/C13H16N2S/c1-9-5-6-11-12(7-9)15(13(16)14-11)8-10-3-2-4-10/h5-7,10H,2-4,8H2,1H3,(H,14,16). The third-order valence-corrected chi connectivity index (χ3v) is 3.92. The predicted molar refractivity (Wildman–Crippen MR) is 69.2 cm³/mol. The quantitative estimate of drug-likeness (QED) is 0.781. The number of fused-ring (bicyclic) bond motifs is 1. The van der Waals surface area contributed by atoms with Crippen LogP contribution in [-0.4, -0.2) is 9.55 Å². The maximum Gasteiger partial charge on any atom is 0.178 e. The molecule has 0 aliphatic heterocycles. The molecule has 0 bridgehead atoms. The van der Waals surface area contributed by atoms with Crippen LogP contribution in [0.1, 0.15) is 24.8 Å². The van der Waals surface area contributed by atoms with Gasteiger partial charge in [0.1, 0.15) is 0 Å². The molecule has 84 valence electrons. The summed E-state index contributed by atoms with van der Waals surface area (Å²) in [5.41, 5.74) is 3.72. The van der Waals surface area contributed by atoms with Crippen molar-refractivity contribution < 1.29 is 0 Å². The third kappa shape index (κ3) is 1.59. The van der Waals surface area contributed by atoms with E-state index in [-0.39, 0.29) is 0 Å². The smallest absolute Gasteiger partial charge is 0.178 e. The van der Waals surface area contributed by atoms with Gasteiger partial charge in [-0.15, -0.1) is 0 Å². The number of imidazole rings is 1. The molecule has 0 radical (unpaired) electrons. The number of aryl methyl sites for hydroxylation is 1. The summed E-state index contributed by atoms with van der Waals surface area (Å²) < 4.78 is 3.13. The topological polar surface area (TPSA) is 20.7 Å². The second kappa shape index (κ2) is 3.74. The molecule has 1 aliphatic rings. The summed E-state index contributed by atoms with van der Waals surface area (Å²) in [5.74, 6) is 0.839. The summed E-state index contributed by atoms with van der Waals surface area (Å²) in [6.07, 6.45) is 4.11. The molecule has 3 heteroatoms. The number of aromatic amines is 1. The average Bonchev–Trinajstić information content (AvgIpc) is 2.48. The van der Waals surface area contributed by atoms with Crippen molar-refractivity contribution in [2.75, 3.05) is 0 Å². The SMILES string of the molecule is Cc1ccc2[nH]c(=S)n(CC3CCC3)c2c1. The molecule has 1 aromatic carbocycles. The minimum absolute atomic E-state index is 0.839. The lowest BCUT2D eigenvalue weighted by molar-refractivity contribution is 0.278. The average molecular weight is 232 g/mol. The first kappa shape index (κ1) is 10.1. The monoisotopic (exact) mass is 232 g/mol. The van der Waals surface area contributed by atoms with Gasteiger partial charge < -0.3 is 9.55 Å². The summed E-state index contributed by atoms with van der Waals surface area (Å²) in [7, 11) is 0. The minimum Gasteiger partial charge on any atom is -0.331 e. The lowest BCUT2D eigenvalue weighted by atomic mass is 9.85. The highest BCUT2D eigenvalue weighted by atomic mass is 32.1. The fraction of sp³-hybridized carbons (Fsp3) is 0.462. The van der Waals surface area contributed by atoms with Gasteiger partial charge in [-0.3, -0.25) is 0 Å². The lowest BCUT2D eigenvalue weighted by Gasteiger charge is -2.25. The van der Waals surface area contributed by atoms with Crippen molar-refractivity contribution in [3.63, 3.8) is 0 Å². The zero-order valence-corrected chi connectivity index (χ0v) is 10.3. The zero-order valence-electron chi connectivity index (χ0n) is 9.49. The van der Waals surface area contributed by atoms with E-state index < -0.39 is 0 Å². The Balaban J connectivity index is 2.09. The van der Waals surface area contributed by atoms with Crippen molar-refractivity contribution in [3.05, 3.63) is 28.5 Å². The summed E-state index contributed by atoms with van der Waals surface area (Å²) in [5, 5.41) is 0. The number of H-pyrrole nitrogens is 1. The lowest BCUT2D eigenvalue weighted by Crippen LogP contribution is -2.18. The van der Waals surface area contributed by atoms with Gasteiger partial charge in [-0.2, -0.15) is 0 Å². The van der Waals surface area contributed by atoms with Crippen LogP contribution in [0.3, 0.4) is 0 Å². The molecule has 1 aromatic heterocycles. The first-order valence-corrected chi connectivity index (χ1v) is 6.34. The second-order valence-corrected chi connectivity index (χ2v) is 5.24. The number of rotatable bonds is 2. The highest BCUT2D eigenvalue weighted by Gasteiger charge is 2.19. The highest BCUT2D eigenvalue weighted by Crippen LogP contribution is 2.29. The van der Waals surface area contributed by atoms with Crippen molar-refractivity contribution in [1.29, 1.82) is 0 Å². The van der Waals surface area contributed by atoms with Crippen LogP contribution in [-0.2, 0) is 6.54 Å². The van der Waals surface area contributed by atoms with Crippen LogP contribution in [0.15, 0.2) is 18.2 Å². The molecular formula is C13H16N2S. The number of aromatic nitrogens is 2. The summed E-state index contributed by atoms with van der Waals surface area (Å²) in [6.45, 7) is 3.21. The van der Waals surface area contributed by atoms with Crippen molar-refractivity contribution in [2.24, 2.45) is 5.92 Å². The molecule has 0 saturated heterocycles. The Morgan fingerprint density at radius 3 is 2.94 bits per heavy atom. The number of hydrogen-bond acceptors (Lipinski definition) is 1. The van der Waals surface area contributed by atoms with Gasteiger partial charge >= 0.3 is 0 Å². The normalized spacial score (nSPS) is 16.6. The molecule has 1 heterocycles. The van der Waals surface area contributed by atoms with Crippen molar-refractivity contribution >= 4 is 23.3 Å². The molecule has 3 rings (SSSR count). The van der Waals surface area contributed by atoms with Crippen LogP contribution in [0, 0.1) is 17.6 Å². The molecule has 0 unspecified atom stereocenters. The molecule has 1 aliphatic carbocycles. The van der Waals surface area contributed by atoms with Crippen molar-refractivity contribution in [1.82, 2.24) is 9.55 Å². The highest BCUT2D eigenvalue weighted by molar-refractivity contribution is 7.71. The fourth-order valence-corrected chi connectivity index (χ4v) is 2.66. The molecule has 1 N–H and O–H groups in total. The van der Waals surface area contributed by atoms with Gasteiger partial charge in [0.25, 0.3) is 0 Å². The maximum absolute atomic E-state index is 5.39. The van der Waals surface area contributed by atoms with Gasteiger partial charge in [-0.25, -0.2) is 0 Å². The molecule has 2 aromatic rings. The largest absolute Gasteiger partial charge is 0.331 e. The second-order valence-electron chi connectivity index (χ2n) is 4.86. The Kier molecular flexibility index (Phi) is 2.36. The van der Waals surface area contributed by atoms with Crippen LogP contribution in [0.2, 0.25) is 0 Å². The van der Waals surface area contributed by atoms with Gasteiger partial charge in [-0.1, -0.05) is 12.5 Å². The molecule has 0 amide bonds. The zero-order chi connectivity index (χ0) is 11.1. The molecule has 1 saturated carbocycles. The first-order valence-electron chi connectivity index (χ1n) is 5.93. The predicted octanol–water partition coefficient (Wildman–Crippen LogP) is 3.81. The Labute approximate surface area is 100 Å². The number of hydrogen-bond donors (Lipinski definition) is 1. The van der Waals surface area contributed by atoms with Crippen LogP contribution in [0.25, 0.3) is 11.0 Å². The fourth-order valence-electron chi connectivity index (χ4n) is 2.38. The maximum atomic E-state index is 5.39. The number of benzene rings is 1. The van der Waals surface area contributed by atoms with Gasteiger partial charge in [-0.05, 0) is 55.6 Å². The summed E-state index contributed by atoms with van der Waals surface area (Å²) >= 11 is 5.39. The molecule has 16 heavy (non-hydrogen) atoms. The Hall–Kier alpha value is -1.09. The van der Waals surface area contributed by atoms with E-state index in [2.05, 4.69) is 34.7 Å². The first-order chi connectivity index (χ1) is 7.74. The van der Waals surface area contributed by atoms with E-state index in [0.29, 0.717) is 0 Å². The van der Waals surface area contributed by atoms with E-state index in [4.69, 9.17) is 12.2 Å². The molecule has 0 spiro atoms. The number of nitrogens with zero attached hydrogens (tertiary/aromatic N) is 1. The van der Waals surface area contributed by atoms with Crippen LogP contribution < -0.4 is 0 Å². The van der Waals surface area contributed by atoms with Gasteiger partial charge in [0.2, 0.25) is 0 Å². The molecule has 1 fully saturated rings. The van der Waals surface area contributed by atoms with E-state index >= 15 is 0 Å². The van der Waals surface area contributed by atoms with Crippen molar-refractivity contribution in [3.8, 4) is 0 Å². The molecule has 0 atom stereocenters. The van der Waals surface area contributed by atoms with Gasteiger partial charge in [0.05, 0.1) is 11.0 Å². The molecular weight excluding hydrogens is 216 g/mol. The van der Waals surface area contributed by atoms with E-state index in [1.165, 1.54) is 30.3 Å². The number of nitrogens with one attached hydrogen (secondary N) is 1. The molecule has 2 nitrogen and oxygen atoms in total. The van der Waals surface area contributed by atoms with E-state index in [9.17, 15) is 0 Å². The van der Waals surface area contributed by atoms with E-state index in [1.807, 2.05) is 0 Å². The Morgan fingerprint density at radius 2 is 2.25 bits per heavy atom. The van der Waals surface area contributed by atoms with Crippen LogP contribution >= 0.6 is 12.2 Å². The third-order valence-electron chi connectivity index (χ3n) is 3.60. The van der Waals surface area contributed by atoms with Crippen LogP contribution in [0.4, 0.5) is 0 Å². The van der Waals surface area contributed by atoms with Gasteiger partial charge in [0, 0.05) is 6.54 Å². The summed E-state index contributed by atoms with van der Waals surface area (Å²) in [4.78, 5) is 3.29. The Morgan fingerprint density at radius 1 is 1.44 bits per heavy atom.